The van der Waals surface area contributed by atoms with Crippen molar-refractivity contribution in [3.05, 3.63) is 45.1 Å². The van der Waals surface area contributed by atoms with Crippen molar-refractivity contribution in [2.24, 2.45) is 0 Å². The Hall–Kier alpha value is -1.70. The zero-order chi connectivity index (χ0) is 17.8. The summed E-state index contributed by atoms with van der Waals surface area (Å²) in [6.07, 6.45) is 0. The van der Waals surface area contributed by atoms with E-state index in [2.05, 4.69) is 15.3 Å². The SMILES string of the molecule is Cc1nc(CN2CCN(C(=O)COc3ccc(F)c(Cl)c3)CC2)cs1. The van der Waals surface area contributed by atoms with Crippen molar-refractivity contribution in [3.63, 3.8) is 0 Å². The monoisotopic (exact) mass is 383 g/mol. The second-order valence-corrected chi connectivity index (χ2v) is 7.35. The Balaban J connectivity index is 1.44. The van der Waals surface area contributed by atoms with Crippen molar-refractivity contribution in [2.75, 3.05) is 32.8 Å². The van der Waals surface area contributed by atoms with Crippen molar-refractivity contribution in [3.8, 4) is 5.75 Å². The lowest BCUT2D eigenvalue weighted by Crippen LogP contribution is -2.49. The number of hydrogen-bond donors (Lipinski definition) is 0. The molecule has 1 amide bonds. The van der Waals surface area contributed by atoms with Gasteiger partial charge in [-0.3, -0.25) is 9.69 Å². The number of ether oxygens (including phenoxy) is 1. The van der Waals surface area contributed by atoms with Crippen LogP contribution in [0.1, 0.15) is 10.7 Å². The van der Waals surface area contributed by atoms with Crippen LogP contribution in [0.3, 0.4) is 0 Å². The van der Waals surface area contributed by atoms with E-state index in [4.69, 9.17) is 16.3 Å². The molecule has 1 aliphatic heterocycles. The number of thiazole rings is 1. The van der Waals surface area contributed by atoms with E-state index in [0.717, 1.165) is 30.3 Å². The number of nitrogens with zero attached hydrogens (tertiary/aromatic N) is 3. The van der Waals surface area contributed by atoms with Gasteiger partial charge in [0.05, 0.1) is 15.7 Å². The molecule has 0 unspecified atom stereocenters. The Kier molecular flexibility index (Phi) is 5.88. The highest BCUT2D eigenvalue weighted by atomic mass is 35.5. The third-order valence-electron chi connectivity index (χ3n) is 4.03. The lowest BCUT2D eigenvalue weighted by Gasteiger charge is -2.34. The van der Waals surface area contributed by atoms with Crippen LogP contribution in [0.2, 0.25) is 5.02 Å². The van der Waals surface area contributed by atoms with Crippen LogP contribution in [-0.2, 0) is 11.3 Å². The largest absolute Gasteiger partial charge is 0.484 e. The van der Waals surface area contributed by atoms with E-state index in [1.165, 1.54) is 18.2 Å². The maximum Gasteiger partial charge on any atom is 0.260 e. The van der Waals surface area contributed by atoms with Gasteiger partial charge >= 0.3 is 0 Å². The molecule has 1 fully saturated rings. The highest BCUT2D eigenvalue weighted by molar-refractivity contribution is 7.09. The summed E-state index contributed by atoms with van der Waals surface area (Å²) in [5.41, 5.74) is 1.08. The highest BCUT2D eigenvalue weighted by Crippen LogP contribution is 2.21. The Morgan fingerprint density at radius 3 is 2.76 bits per heavy atom. The number of aromatic nitrogens is 1. The second kappa shape index (κ2) is 8.12. The number of hydrogen-bond acceptors (Lipinski definition) is 5. The van der Waals surface area contributed by atoms with Gasteiger partial charge in [-0.15, -0.1) is 11.3 Å². The smallest absolute Gasteiger partial charge is 0.260 e. The quantitative estimate of drug-likeness (QED) is 0.796. The number of piperazine rings is 1. The second-order valence-electron chi connectivity index (χ2n) is 5.88. The standard InChI is InChI=1S/C17H19ClFN3O2S/c1-12-20-13(11-25-12)9-21-4-6-22(7-5-21)17(23)10-24-14-2-3-16(19)15(18)8-14/h2-3,8,11H,4-7,9-10H2,1H3. The lowest BCUT2D eigenvalue weighted by molar-refractivity contribution is -0.135. The van der Waals surface area contributed by atoms with Crippen LogP contribution in [-0.4, -0.2) is 53.5 Å². The van der Waals surface area contributed by atoms with Gasteiger partial charge in [-0.2, -0.15) is 0 Å². The van der Waals surface area contributed by atoms with Gasteiger partial charge in [-0.05, 0) is 19.1 Å². The van der Waals surface area contributed by atoms with E-state index in [9.17, 15) is 9.18 Å². The fourth-order valence-electron chi connectivity index (χ4n) is 2.67. The van der Waals surface area contributed by atoms with Crippen LogP contribution in [0.5, 0.6) is 5.75 Å². The van der Waals surface area contributed by atoms with Crippen LogP contribution in [0.4, 0.5) is 4.39 Å². The van der Waals surface area contributed by atoms with Gasteiger partial charge in [0.1, 0.15) is 11.6 Å². The fraction of sp³-hybridized carbons (Fsp3) is 0.412. The fourth-order valence-corrected chi connectivity index (χ4v) is 3.44. The Labute approximate surface area is 155 Å². The van der Waals surface area contributed by atoms with Gasteiger partial charge in [-0.1, -0.05) is 11.6 Å². The van der Waals surface area contributed by atoms with Crippen LogP contribution in [0, 0.1) is 12.7 Å². The molecule has 134 valence electrons. The van der Waals surface area contributed by atoms with Gasteiger partial charge in [-0.25, -0.2) is 9.37 Å². The minimum Gasteiger partial charge on any atom is -0.484 e. The number of carbonyl (C=O) groups is 1. The summed E-state index contributed by atoms with van der Waals surface area (Å²) in [6, 6.07) is 4.06. The Morgan fingerprint density at radius 1 is 1.36 bits per heavy atom. The van der Waals surface area contributed by atoms with E-state index in [1.54, 1.807) is 16.2 Å². The number of halogens is 2. The Bertz CT molecular complexity index is 747. The molecule has 0 atom stereocenters. The predicted molar refractivity (Wildman–Crippen MR) is 95.6 cm³/mol. The van der Waals surface area contributed by atoms with Crippen molar-refractivity contribution in [1.29, 1.82) is 0 Å². The molecule has 8 heteroatoms. The first-order chi connectivity index (χ1) is 12.0. The van der Waals surface area contributed by atoms with Crippen LogP contribution < -0.4 is 4.74 Å². The predicted octanol–water partition coefficient (Wildman–Crippen LogP) is 2.97. The maximum atomic E-state index is 13.1. The van der Waals surface area contributed by atoms with Crippen LogP contribution in [0.25, 0.3) is 0 Å². The molecule has 0 radical (unpaired) electrons. The molecule has 25 heavy (non-hydrogen) atoms. The van der Waals surface area contributed by atoms with Gasteiger partial charge in [0.15, 0.2) is 6.61 Å². The van der Waals surface area contributed by atoms with Crippen molar-refractivity contribution >= 4 is 28.8 Å². The third-order valence-corrected chi connectivity index (χ3v) is 5.14. The molecule has 1 aliphatic rings. The zero-order valence-corrected chi connectivity index (χ0v) is 15.4. The molecular formula is C17H19ClFN3O2S. The molecule has 3 rings (SSSR count). The summed E-state index contributed by atoms with van der Waals surface area (Å²) in [4.78, 5) is 20.8. The minimum absolute atomic E-state index is 0.0177. The molecule has 0 aliphatic carbocycles. The molecule has 0 saturated carbocycles. The summed E-state index contributed by atoms with van der Waals surface area (Å²) < 4.78 is 18.5. The molecule has 1 aromatic heterocycles. The maximum absolute atomic E-state index is 13.1. The van der Waals surface area contributed by atoms with Crippen molar-refractivity contribution < 1.29 is 13.9 Å². The van der Waals surface area contributed by atoms with Crippen molar-refractivity contribution in [1.82, 2.24) is 14.8 Å². The van der Waals surface area contributed by atoms with E-state index in [0.29, 0.717) is 18.8 Å². The van der Waals surface area contributed by atoms with Gasteiger partial charge in [0.25, 0.3) is 5.91 Å². The zero-order valence-electron chi connectivity index (χ0n) is 13.9. The normalized spacial score (nSPS) is 15.4. The van der Waals surface area contributed by atoms with Crippen LogP contribution in [0.15, 0.2) is 23.6 Å². The number of aryl methyl sites for hydroxylation is 1. The first-order valence-electron chi connectivity index (χ1n) is 8.00. The molecule has 2 aromatic rings. The first kappa shape index (κ1) is 18.1. The highest BCUT2D eigenvalue weighted by Gasteiger charge is 2.22. The summed E-state index contributed by atoms with van der Waals surface area (Å²) in [5, 5.41) is 3.13. The lowest BCUT2D eigenvalue weighted by atomic mass is 10.3. The molecule has 1 aromatic carbocycles. The van der Waals surface area contributed by atoms with E-state index < -0.39 is 5.82 Å². The molecule has 1 saturated heterocycles. The average Bonchev–Trinajstić information content (AvgIpc) is 3.01. The number of benzene rings is 1. The first-order valence-corrected chi connectivity index (χ1v) is 9.26. The molecule has 0 spiro atoms. The van der Waals surface area contributed by atoms with Gasteiger partial charge in [0, 0.05) is 44.2 Å². The number of rotatable bonds is 5. The number of amides is 1. The minimum atomic E-state index is -0.508. The summed E-state index contributed by atoms with van der Waals surface area (Å²) in [7, 11) is 0. The van der Waals surface area contributed by atoms with E-state index >= 15 is 0 Å². The summed E-state index contributed by atoms with van der Waals surface area (Å²) in [6.45, 7) is 5.68. The van der Waals surface area contributed by atoms with E-state index in [1.807, 2.05) is 6.92 Å². The average molecular weight is 384 g/mol. The van der Waals surface area contributed by atoms with Crippen molar-refractivity contribution in [2.45, 2.75) is 13.5 Å². The summed E-state index contributed by atoms with van der Waals surface area (Å²) in [5.74, 6) is -0.200. The summed E-state index contributed by atoms with van der Waals surface area (Å²) >= 11 is 7.35. The van der Waals surface area contributed by atoms with Crippen LogP contribution >= 0.6 is 22.9 Å². The molecule has 0 bridgehead atoms. The molecular weight excluding hydrogens is 365 g/mol. The topological polar surface area (TPSA) is 45.7 Å². The van der Waals surface area contributed by atoms with Gasteiger partial charge < -0.3 is 9.64 Å². The van der Waals surface area contributed by atoms with E-state index in [-0.39, 0.29) is 17.5 Å². The van der Waals surface area contributed by atoms with Gasteiger partial charge in [0.2, 0.25) is 0 Å². The Morgan fingerprint density at radius 2 is 2.12 bits per heavy atom. The molecule has 5 nitrogen and oxygen atoms in total. The number of carbonyl (C=O) groups excluding carboxylic acids is 1. The molecule has 2 heterocycles. The molecule has 0 N–H and O–H groups in total. The third kappa shape index (κ3) is 4.90.